The number of amides is 1. The molecular formula is C29H29NO4. The molecule has 1 amide bonds. The SMILES string of the molecule is NC(=O)C(CC1CCCc2c(C(=O)C(=O)O)cccc21)C(Cc1ccccc1)c1ccccc1. The lowest BCUT2D eigenvalue weighted by atomic mass is 9.71. The molecule has 0 radical (unpaired) electrons. The third-order valence-electron chi connectivity index (χ3n) is 6.99. The van der Waals surface area contributed by atoms with Crippen LogP contribution in [-0.2, 0) is 22.4 Å². The van der Waals surface area contributed by atoms with Crippen molar-refractivity contribution in [3.05, 3.63) is 107 Å². The van der Waals surface area contributed by atoms with E-state index in [0.717, 1.165) is 35.1 Å². The summed E-state index contributed by atoms with van der Waals surface area (Å²) in [5, 5.41) is 9.25. The van der Waals surface area contributed by atoms with E-state index in [1.807, 2.05) is 54.6 Å². The predicted molar refractivity (Wildman–Crippen MR) is 131 cm³/mol. The Labute approximate surface area is 199 Å². The van der Waals surface area contributed by atoms with Crippen LogP contribution in [0.15, 0.2) is 78.9 Å². The first-order valence-corrected chi connectivity index (χ1v) is 11.7. The zero-order chi connectivity index (χ0) is 24.1. The van der Waals surface area contributed by atoms with E-state index in [-0.39, 0.29) is 23.3 Å². The van der Waals surface area contributed by atoms with Crippen LogP contribution in [0, 0.1) is 5.92 Å². The van der Waals surface area contributed by atoms with Gasteiger partial charge < -0.3 is 10.8 Å². The van der Waals surface area contributed by atoms with Crippen LogP contribution in [0.3, 0.4) is 0 Å². The molecule has 174 valence electrons. The Hall–Kier alpha value is -3.73. The first kappa shape index (κ1) is 23.4. The first-order chi connectivity index (χ1) is 16.5. The Balaban J connectivity index is 1.69. The molecule has 34 heavy (non-hydrogen) atoms. The van der Waals surface area contributed by atoms with Gasteiger partial charge in [0.2, 0.25) is 5.91 Å². The average molecular weight is 456 g/mol. The van der Waals surface area contributed by atoms with E-state index in [0.29, 0.717) is 19.3 Å². The molecule has 0 saturated carbocycles. The second-order valence-corrected chi connectivity index (χ2v) is 9.05. The fourth-order valence-electron chi connectivity index (χ4n) is 5.37. The largest absolute Gasteiger partial charge is 0.475 e. The molecule has 5 nitrogen and oxygen atoms in total. The quantitative estimate of drug-likeness (QED) is 0.354. The van der Waals surface area contributed by atoms with Crippen LogP contribution < -0.4 is 5.73 Å². The molecule has 3 atom stereocenters. The highest BCUT2D eigenvalue weighted by molar-refractivity contribution is 6.40. The number of hydrogen-bond donors (Lipinski definition) is 2. The van der Waals surface area contributed by atoms with Gasteiger partial charge in [-0.25, -0.2) is 4.79 Å². The van der Waals surface area contributed by atoms with Crippen molar-refractivity contribution >= 4 is 17.7 Å². The second-order valence-electron chi connectivity index (χ2n) is 9.05. The average Bonchev–Trinajstić information content (AvgIpc) is 2.86. The molecule has 4 rings (SSSR count). The number of carbonyl (C=O) groups excluding carboxylic acids is 2. The minimum absolute atomic E-state index is 0.0322. The smallest absolute Gasteiger partial charge is 0.377 e. The van der Waals surface area contributed by atoms with Crippen molar-refractivity contribution in [3.63, 3.8) is 0 Å². The summed E-state index contributed by atoms with van der Waals surface area (Å²) in [6, 6.07) is 25.4. The minimum Gasteiger partial charge on any atom is -0.475 e. The normalized spacial score (nSPS) is 16.8. The number of benzene rings is 3. The number of carboxylic acids is 1. The van der Waals surface area contributed by atoms with Gasteiger partial charge in [-0.1, -0.05) is 78.9 Å². The molecule has 0 heterocycles. The summed E-state index contributed by atoms with van der Waals surface area (Å²) in [6.45, 7) is 0. The fraction of sp³-hybridized carbons (Fsp3) is 0.276. The molecule has 3 N–H and O–H groups in total. The van der Waals surface area contributed by atoms with Crippen molar-refractivity contribution in [2.24, 2.45) is 11.7 Å². The van der Waals surface area contributed by atoms with Crippen LogP contribution in [-0.4, -0.2) is 22.8 Å². The molecule has 0 spiro atoms. The van der Waals surface area contributed by atoms with Crippen molar-refractivity contribution in [3.8, 4) is 0 Å². The van der Waals surface area contributed by atoms with Crippen LogP contribution >= 0.6 is 0 Å². The molecule has 1 aliphatic rings. The van der Waals surface area contributed by atoms with E-state index in [1.54, 1.807) is 12.1 Å². The van der Waals surface area contributed by atoms with Crippen LogP contribution in [0.25, 0.3) is 0 Å². The second kappa shape index (κ2) is 10.5. The van der Waals surface area contributed by atoms with Crippen molar-refractivity contribution in [2.45, 2.75) is 43.9 Å². The Morgan fingerprint density at radius 2 is 1.59 bits per heavy atom. The van der Waals surface area contributed by atoms with Gasteiger partial charge in [0.15, 0.2) is 0 Å². The van der Waals surface area contributed by atoms with Gasteiger partial charge >= 0.3 is 5.97 Å². The summed E-state index contributed by atoms with van der Waals surface area (Å²) in [5.74, 6) is -3.13. The van der Waals surface area contributed by atoms with Gasteiger partial charge in [0.25, 0.3) is 5.78 Å². The third kappa shape index (κ3) is 5.09. The summed E-state index contributed by atoms with van der Waals surface area (Å²) >= 11 is 0. The Bertz CT molecular complexity index is 1170. The Kier molecular flexibility index (Phi) is 7.21. The van der Waals surface area contributed by atoms with Gasteiger partial charge in [-0.05, 0) is 66.2 Å². The molecule has 0 aliphatic heterocycles. The first-order valence-electron chi connectivity index (χ1n) is 11.7. The number of carbonyl (C=O) groups is 3. The van der Waals surface area contributed by atoms with Crippen molar-refractivity contribution < 1.29 is 19.5 Å². The van der Waals surface area contributed by atoms with E-state index in [9.17, 15) is 19.5 Å². The summed E-state index contributed by atoms with van der Waals surface area (Å²) in [7, 11) is 0. The monoisotopic (exact) mass is 455 g/mol. The topological polar surface area (TPSA) is 97.5 Å². The number of aliphatic carboxylic acids is 1. The van der Waals surface area contributed by atoms with Gasteiger partial charge in [0, 0.05) is 11.5 Å². The lowest BCUT2D eigenvalue weighted by Crippen LogP contribution is -2.32. The summed E-state index contributed by atoms with van der Waals surface area (Å²) < 4.78 is 0. The van der Waals surface area contributed by atoms with Crippen LogP contribution in [0.2, 0.25) is 0 Å². The van der Waals surface area contributed by atoms with Gasteiger partial charge in [-0.15, -0.1) is 0 Å². The van der Waals surface area contributed by atoms with Gasteiger partial charge in [-0.2, -0.15) is 0 Å². The molecule has 3 aromatic rings. The number of ketones is 1. The third-order valence-corrected chi connectivity index (χ3v) is 6.99. The van der Waals surface area contributed by atoms with E-state index in [2.05, 4.69) is 12.1 Å². The Morgan fingerprint density at radius 1 is 0.912 bits per heavy atom. The van der Waals surface area contributed by atoms with Crippen molar-refractivity contribution in [1.29, 1.82) is 0 Å². The van der Waals surface area contributed by atoms with Crippen molar-refractivity contribution in [1.82, 2.24) is 0 Å². The predicted octanol–water partition coefficient (Wildman–Crippen LogP) is 4.89. The zero-order valence-electron chi connectivity index (χ0n) is 19.0. The maximum atomic E-state index is 12.8. The minimum atomic E-state index is -1.45. The number of Topliss-reactive ketones (excluding diaryl/α,β-unsaturated/α-hetero) is 1. The number of rotatable bonds is 9. The van der Waals surface area contributed by atoms with Gasteiger partial charge in [0.1, 0.15) is 0 Å². The van der Waals surface area contributed by atoms with E-state index >= 15 is 0 Å². The van der Waals surface area contributed by atoms with E-state index in [4.69, 9.17) is 5.73 Å². The lowest BCUT2D eigenvalue weighted by molar-refractivity contribution is -0.131. The molecule has 3 aromatic carbocycles. The van der Waals surface area contributed by atoms with Crippen LogP contribution in [0.5, 0.6) is 0 Å². The maximum absolute atomic E-state index is 12.8. The highest BCUT2D eigenvalue weighted by atomic mass is 16.4. The van der Waals surface area contributed by atoms with Crippen LogP contribution in [0.4, 0.5) is 0 Å². The highest BCUT2D eigenvalue weighted by Gasteiger charge is 2.34. The molecule has 1 aliphatic carbocycles. The number of primary amides is 1. The molecule has 0 bridgehead atoms. The maximum Gasteiger partial charge on any atom is 0.377 e. The standard InChI is InChI=1S/C29H29NO4/c30-28(32)26(25(20-11-5-2-6-12-20)17-19-9-3-1-4-10-19)18-21-13-7-15-23-22(21)14-8-16-24(23)27(31)29(33)34/h1-6,8-12,14,16,21,25-26H,7,13,15,17-18H2,(H2,30,32)(H,33,34). The molecular weight excluding hydrogens is 426 g/mol. The number of nitrogens with two attached hydrogens (primary N) is 1. The van der Waals surface area contributed by atoms with E-state index < -0.39 is 17.7 Å². The molecule has 0 aromatic heterocycles. The fourth-order valence-corrected chi connectivity index (χ4v) is 5.37. The molecule has 0 saturated heterocycles. The summed E-state index contributed by atoms with van der Waals surface area (Å²) in [4.78, 5) is 36.5. The zero-order valence-corrected chi connectivity index (χ0v) is 19.0. The highest BCUT2D eigenvalue weighted by Crippen LogP contribution is 2.41. The van der Waals surface area contributed by atoms with E-state index in [1.165, 1.54) is 0 Å². The molecule has 0 fully saturated rings. The van der Waals surface area contributed by atoms with Gasteiger partial charge in [-0.3, -0.25) is 9.59 Å². The van der Waals surface area contributed by atoms with Crippen molar-refractivity contribution in [2.75, 3.05) is 0 Å². The number of hydrogen-bond acceptors (Lipinski definition) is 3. The Morgan fingerprint density at radius 3 is 2.24 bits per heavy atom. The lowest BCUT2D eigenvalue weighted by Gasteiger charge is -2.32. The summed E-state index contributed by atoms with van der Waals surface area (Å²) in [5.41, 5.74) is 10.2. The summed E-state index contributed by atoms with van der Waals surface area (Å²) in [6.07, 6.45) is 3.61. The number of carboxylic acid groups (broad SMARTS) is 1. The molecule has 5 heteroatoms. The molecule has 3 unspecified atom stereocenters. The number of fused-ring (bicyclic) bond motifs is 1. The van der Waals surface area contributed by atoms with Gasteiger partial charge in [0.05, 0.1) is 0 Å². The van der Waals surface area contributed by atoms with Crippen LogP contribution in [0.1, 0.15) is 63.7 Å².